The average Bonchev–Trinajstić information content (AvgIpc) is 3.51. The van der Waals surface area contributed by atoms with E-state index in [1.54, 1.807) is 0 Å². The summed E-state index contributed by atoms with van der Waals surface area (Å²) in [6.07, 6.45) is 7.86. The van der Waals surface area contributed by atoms with E-state index in [-0.39, 0.29) is 29.3 Å². The molecular weight excluding hydrogens is 518 g/mol. The lowest BCUT2D eigenvalue weighted by molar-refractivity contribution is -0.130. The summed E-state index contributed by atoms with van der Waals surface area (Å²) in [6, 6.07) is 25.6. The van der Waals surface area contributed by atoms with E-state index < -0.39 is 6.04 Å². The molecule has 4 fully saturated rings. The Morgan fingerprint density at radius 3 is 2.19 bits per heavy atom. The third-order valence-electron chi connectivity index (χ3n) is 11.2. The van der Waals surface area contributed by atoms with E-state index in [1.165, 1.54) is 38.5 Å². The van der Waals surface area contributed by atoms with E-state index in [1.807, 2.05) is 60.4 Å². The topological polar surface area (TPSA) is 65.2 Å². The number of para-hydroxylation sites is 1. The third kappa shape index (κ3) is 3.89. The largest absolute Gasteiger partial charge is 0.354 e. The number of aromatic amines is 1. The number of nitrogens with one attached hydrogen (secondary N) is 2. The number of rotatable bonds is 6. The number of carbonyl (C=O) groups excluding carboxylic acids is 2. The van der Waals surface area contributed by atoms with Crippen LogP contribution in [0.15, 0.2) is 78.9 Å². The molecule has 4 saturated carbocycles. The van der Waals surface area contributed by atoms with Gasteiger partial charge in [0.25, 0.3) is 5.91 Å². The first-order valence-electron chi connectivity index (χ1n) is 15.8. The van der Waals surface area contributed by atoms with Gasteiger partial charge in [-0.3, -0.25) is 9.59 Å². The Balaban J connectivity index is 1.18. The van der Waals surface area contributed by atoms with Crippen LogP contribution in [-0.4, -0.2) is 33.8 Å². The zero-order valence-electron chi connectivity index (χ0n) is 24.5. The van der Waals surface area contributed by atoms with Crippen LogP contribution in [0.3, 0.4) is 0 Å². The maximum Gasteiger partial charge on any atom is 0.255 e. The molecule has 4 aliphatic carbocycles. The van der Waals surface area contributed by atoms with Crippen molar-refractivity contribution in [1.82, 2.24) is 15.2 Å². The van der Waals surface area contributed by atoms with Crippen molar-refractivity contribution >= 4 is 22.7 Å². The minimum absolute atomic E-state index is 0.0505. The van der Waals surface area contributed by atoms with Gasteiger partial charge in [-0.2, -0.15) is 0 Å². The van der Waals surface area contributed by atoms with Gasteiger partial charge >= 0.3 is 0 Å². The van der Waals surface area contributed by atoms with E-state index in [0.29, 0.717) is 5.56 Å². The van der Waals surface area contributed by atoms with Gasteiger partial charge in [0.15, 0.2) is 0 Å². The highest BCUT2D eigenvalue weighted by atomic mass is 16.2. The first-order chi connectivity index (χ1) is 20.4. The molecule has 1 aliphatic heterocycles. The second-order valence-electron chi connectivity index (χ2n) is 13.7. The molecule has 5 aliphatic rings. The molecule has 2 amide bonds. The lowest BCUT2D eigenvalue weighted by Crippen LogP contribution is -2.58. The summed E-state index contributed by atoms with van der Waals surface area (Å²) in [6.45, 7) is 4.14. The Kier molecular flexibility index (Phi) is 5.89. The van der Waals surface area contributed by atoms with Crippen LogP contribution in [0.4, 0.5) is 0 Å². The standard InChI is InChI=1S/C37H39N3O2/c1-22(35(41)38-23(2)37-19-24-16-25(20-37)18-26(17-24)21-37)40-34(28-12-6-7-13-29(28)36(40)42)32-30-14-8-9-15-31(30)39-33(32)27-10-4-3-5-11-27/h3-15,22-26,34,39H,16-21H2,1-2H3,(H,38,41). The van der Waals surface area contributed by atoms with E-state index in [0.717, 1.165) is 51.0 Å². The monoisotopic (exact) mass is 557 g/mol. The van der Waals surface area contributed by atoms with Crippen LogP contribution in [0.25, 0.3) is 22.2 Å². The fraction of sp³-hybridized carbons (Fsp3) is 0.405. The number of hydrogen-bond donors (Lipinski definition) is 2. The van der Waals surface area contributed by atoms with Gasteiger partial charge in [-0.05, 0) is 98.8 Å². The van der Waals surface area contributed by atoms with Crippen molar-refractivity contribution in [1.29, 1.82) is 0 Å². The zero-order valence-corrected chi connectivity index (χ0v) is 24.5. The molecule has 3 atom stereocenters. The predicted molar refractivity (Wildman–Crippen MR) is 166 cm³/mol. The number of hydrogen-bond acceptors (Lipinski definition) is 2. The Bertz CT molecular complexity index is 1650. The number of benzene rings is 3. The molecule has 1 aromatic heterocycles. The normalized spacial score (nSPS) is 29.1. The van der Waals surface area contributed by atoms with Crippen molar-refractivity contribution in [3.63, 3.8) is 0 Å². The van der Waals surface area contributed by atoms with Crippen molar-refractivity contribution in [2.75, 3.05) is 0 Å². The first-order valence-corrected chi connectivity index (χ1v) is 15.8. The van der Waals surface area contributed by atoms with Gasteiger partial charge < -0.3 is 15.2 Å². The minimum Gasteiger partial charge on any atom is -0.354 e. The summed E-state index contributed by atoms with van der Waals surface area (Å²) < 4.78 is 0. The summed E-state index contributed by atoms with van der Waals surface area (Å²) >= 11 is 0. The highest BCUT2D eigenvalue weighted by molar-refractivity contribution is 6.04. The molecule has 9 rings (SSSR count). The zero-order chi connectivity index (χ0) is 28.6. The van der Waals surface area contributed by atoms with Crippen molar-refractivity contribution < 1.29 is 9.59 Å². The fourth-order valence-electron chi connectivity index (χ4n) is 9.63. The van der Waals surface area contributed by atoms with Crippen molar-refractivity contribution in [3.8, 4) is 11.3 Å². The lowest BCUT2D eigenvalue weighted by atomic mass is 9.48. The molecule has 3 unspecified atom stereocenters. The van der Waals surface area contributed by atoms with Crippen LogP contribution in [0, 0.1) is 23.2 Å². The molecule has 214 valence electrons. The van der Waals surface area contributed by atoms with Crippen LogP contribution >= 0.6 is 0 Å². The number of aromatic nitrogens is 1. The highest BCUT2D eigenvalue weighted by Gasteiger charge is 2.54. The Morgan fingerprint density at radius 2 is 1.48 bits per heavy atom. The van der Waals surface area contributed by atoms with Crippen LogP contribution in [0.1, 0.15) is 79.9 Å². The maximum atomic E-state index is 14.2. The lowest BCUT2D eigenvalue weighted by Gasteiger charge is -2.59. The summed E-state index contributed by atoms with van der Waals surface area (Å²) in [5, 5.41) is 4.54. The minimum atomic E-state index is -0.622. The second-order valence-corrected chi connectivity index (χ2v) is 13.7. The van der Waals surface area contributed by atoms with Gasteiger partial charge in [-0.1, -0.05) is 66.7 Å². The van der Waals surface area contributed by atoms with Crippen molar-refractivity contribution in [2.24, 2.45) is 23.2 Å². The number of H-pyrrole nitrogens is 1. The molecule has 5 heteroatoms. The molecule has 4 bridgehead atoms. The SMILES string of the molecule is CC(C(=O)NC(C)C12CC3CC(CC(C3)C1)C2)N1C(=O)c2ccccc2C1c1c(-c2ccccc2)[nH]c2ccccc12. The Morgan fingerprint density at radius 1 is 0.857 bits per heavy atom. The molecule has 0 radical (unpaired) electrons. The molecule has 5 nitrogen and oxygen atoms in total. The maximum absolute atomic E-state index is 14.2. The Labute approximate surface area is 247 Å². The van der Waals surface area contributed by atoms with E-state index in [4.69, 9.17) is 0 Å². The predicted octanol–water partition coefficient (Wildman–Crippen LogP) is 7.49. The number of carbonyl (C=O) groups is 2. The summed E-state index contributed by atoms with van der Waals surface area (Å²) in [4.78, 5) is 33.8. The van der Waals surface area contributed by atoms with Gasteiger partial charge in [-0.15, -0.1) is 0 Å². The summed E-state index contributed by atoms with van der Waals surface area (Å²) in [5.41, 5.74) is 5.97. The number of nitrogens with zero attached hydrogens (tertiary/aromatic N) is 1. The number of fused-ring (bicyclic) bond motifs is 2. The molecular formula is C37H39N3O2. The Hall–Kier alpha value is -3.86. The quantitative estimate of drug-likeness (QED) is 0.258. The molecule has 0 saturated heterocycles. The summed E-state index contributed by atoms with van der Waals surface area (Å²) in [7, 11) is 0. The average molecular weight is 558 g/mol. The van der Waals surface area contributed by atoms with Crippen LogP contribution < -0.4 is 5.32 Å². The van der Waals surface area contributed by atoms with Crippen molar-refractivity contribution in [2.45, 2.75) is 70.5 Å². The number of amides is 2. The van der Waals surface area contributed by atoms with E-state index in [9.17, 15) is 9.59 Å². The molecule has 42 heavy (non-hydrogen) atoms. The van der Waals surface area contributed by atoms with Crippen LogP contribution in [0.2, 0.25) is 0 Å². The highest BCUT2D eigenvalue weighted by Crippen LogP contribution is 2.61. The smallest absolute Gasteiger partial charge is 0.255 e. The first kappa shape index (κ1) is 25.8. The molecule has 0 spiro atoms. The van der Waals surface area contributed by atoms with Gasteiger partial charge in [0, 0.05) is 28.1 Å². The molecule has 3 aromatic carbocycles. The third-order valence-corrected chi connectivity index (χ3v) is 11.2. The second kappa shape index (κ2) is 9.58. The van der Waals surface area contributed by atoms with Gasteiger partial charge in [0.2, 0.25) is 5.91 Å². The fourth-order valence-corrected chi connectivity index (χ4v) is 9.63. The van der Waals surface area contributed by atoms with Gasteiger partial charge in [0.05, 0.1) is 11.7 Å². The molecule has 2 heterocycles. The summed E-state index contributed by atoms with van der Waals surface area (Å²) in [5.74, 6) is 2.34. The van der Waals surface area contributed by atoms with Gasteiger partial charge in [-0.25, -0.2) is 0 Å². The van der Waals surface area contributed by atoms with E-state index in [2.05, 4.69) is 47.6 Å². The van der Waals surface area contributed by atoms with Crippen LogP contribution in [-0.2, 0) is 4.79 Å². The molecule has 2 N–H and O–H groups in total. The van der Waals surface area contributed by atoms with Crippen molar-refractivity contribution in [3.05, 3.63) is 95.6 Å². The molecule has 4 aromatic rings. The van der Waals surface area contributed by atoms with E-state index >= 15 is 0 Å². The van der Waals surface area contributed by atoms with Crippen LogP contribution in [0.5, 0.6) is 0 Å². The van der Waals surface area contributed by atoms with Gasteiger partial charge in [0.1, 0.15) is 6.04 Å².